The molecule has 1 unspecified atom stereocenters. The van der Waals surface area contributed by atoms with Gasteiger partial charge >= 0.3 is 0 Å². The molecule has 0 aromatic heterocycles. The minimum Gasteiger partial charge on any atom is -0.493 e. The Labute approximate surface area is 88.6 Å². The highest BCUT2D eigenvalue weighted by molar-refractivity contribution is 5.35. The first-order chi connectivity index (χ1) is 7.42. The fraction of sp³-hybridized carbons (Fsp3) is 0.455. The number of hydrogen-bond acceptors (Lipinski definition) is 4. The summed E-state index contributed by atoms with van der Waals surface area (Å²) < 4.78 is 5.51. The van der Waals surface area contributed by atoms with Gasteiger partial charge in [0.1, 0.15) is 11.9 Å². The standard InChI is InChI=1S/C11H14O4/c1-2-12-10-6-4-3-5-9(10)11-7-8-13-15-14-11/h3-6,11H,2,7-8H2,1H3. The molecule has 15 heavy (non-hydrogen) atoms. The lowest BCUT2D eigenvalue weighted by Gasteiger charge is -2.22. The first-order valence-electron chi connectivity index (χ1n) is 5.08. The third kappa shape index (κ3) is 2.47. The van der Waals surface area contributed by atoms with Crippen molar-refractivity contribution in [2.45, 2.75) is 19.4 Å². The highest BCUT2D eigenvalue weighted by Gasteiger charge is 2.21. The minimum absolute atomic E-state index is 0.110. The van der Waals surface area contributed by atoms with E-state index in [1.165, 1.54) is 0 Å². The van der Waals surface area contributed by atoms with Gasteiger partial charge in [-0.15, -0.1) is 0 Å². The van der Waals surface area contributed by atoms with E-state index in [1.54, 1.807) is 0 Å². The quantitative estimate of drug-likeness (QED) is 0.718. The second-order valence-corrected chi connectivity index (χ2v) is 3.23. The SMILES string of the molecule is CCOc1ccccc1C1CCOOO1. The van der Waals surface area contributed by atoms with Gasteiger partial charge in [-0.2, -0.15) is 4.89 Å². The van der Waals surface area contributed by atoms with E-state index in [4.69, 9.17) is 9.62 Å². The molecule has 0 amide bonds. The summed E-state index contributed by atoms with van der Waals surface area (Å²) in [5.41, 5.74) is 1.00. The topological polar surface area (TPSA) is 36.9 Å². The van der Waals surface area contributed by atoms with Gasteiger partial charge in [0.25, 0.3) is 0 Å². The van der Waals surface area contributed by atoms with Crippen LogP contribution < -0.4 is 4.74 Å². The summed E-state index contributed by atoms with van der Waals surface area (Å²) in [4.78, 5) is 9.71. The molecule has 4 nitrogen and oxygen atoms in total. The van der Waals surface area contributed by atoms with Crippen molar-refractivity contribution >= 4 is 0 Å². The fourth-order valence-corrected chi connectivity index (χ4v) is 1.55. The molecular formula is C11H14O4. The molecule has 0 radical (unpaired) electrons. The molecule has 1 saturated heterocycles. The maximum absolute atomic E-state index is 5.51. The van der Waals surface area contributed by atoms with E-state index in [9.17, 15) is 0 Å². The molecule has 0 saturated carbocycles. The van der Waals surface area contributed by atoms with Crippen molar-refractivity contribution in [3.63, 3.8) is 0 Å². The molecule has 0 N–H and O–H groups in total. The lowest BCUT2D eigenvalue weighted by Crippen LogP contribution is -2.16. The van der Waals surface area contributed by atoms with Crippen LogP contribution in [0.1, 0.15) is 25.0 Å². The number of hydrogen-bond donors (Lipinski definition) is 0. The normalized spacial score (nSPS) is 21.3. The lowest BCUT2D eigenvalue weighted by atomic mass is 10.1. The fourth-order valence-electron chi connectivity index (χ4n) is 1.55. The minimum atomic E-state index is -0.110. The molecule has 1 heterocycles. The Kier molecular flexibility index (Phi) is 3.55. The molecule has 2 rings (SSSR count). The molecule has 1 aromatic rings. The van der Waals surface area contributed by atoms with Crippen molar-refractivity contribution in [2.24, 2.45) is 0 Å². The van der Waals surface area contributed by atoms with Crippen LogP contribution in [0.15, 0.2) is 24.3 Å². The summed E-state index contributed by atoms with van der Waals surface area (Å²) in [7, 11) is 0. The van der Waals surface area contributed by atoms with Gasteiger partial charge in [-0.05, 0) is 13.0 Å². The van der Waals surface area contributed by atoms with Crippen LogP contribution in [0.5, 0.6) is 5.75 Å². The maximum atomic E-state index is 5.51. The molecule has 4 heteroatoms. The van der Waals surface area contributed by atoms with E-state index in [1.807, 2.05) is 31.2 Å². The largest absolute Gasteiger partial charge is 0.493 e. The number of ether oxygens (including phenoxy) is 1. The highest BCUT2D eigenvalue weighted by Crippen LogP contribution is 2.31. The van der Waals surface area contributed by atoms with Crippen LogP contribution in [-0.4, -0.2) is 13.2 Å². The van der Waals surface area contributed by atoms with Gasteiger partial charge in [-0.1, -0.05) is 23.2 Å². The van der Waals surface area contributed by atoms with Crippen LogP contribution in [0.3, 0.4) is 0 Å². The van der Waals surface area contributed by atoms with E-state index in [-0.39, 0.29) is 6.10 Å². The molecule has 0 spiro atoms. The Morgan fingerprint density at radius 3 is 3.00 bits per heavy atom. The second kappa shape index (κ2) is 5.11. The van der Waals surface area contributed by atoms with Crippen LogP contribution >= 0.6 is 0 Å². The van der Waals surface area contributed by atoms with Gasteiger partial charge < -0.3 is 4.74 Å². The molecule has 1 fully saturated rings. The van der Waals surface area contributed by atoms with E-state index in [0.29, 0.717) is 13.2 Å². The van der Waals surface area contributed by atoms with Gasteiger partial charge in [0.05, 0.1) is 13.2 Å². The zero-order valence-corrected chi connectivity index (χ0v) is 8.64. The molecule has 1 aliphatic heterocycles. The van der Waals surface area contributed by atoms with E-state index < -0.39 is 0 Å². The number of rotatable bonds is 3. The van der Waals surface area contributed by atoms with Gasteiger partial charge in [0.2, 0.25) is 0 Å². The molecule has 0 aliphatic carbocycles. The number of para-hydroxylation sites is 1. The summed E-state index contributed by atoms with van der Waals surface area (Å²) in [6.07, 6.45) is 0.658. The maximum Gasteiger partial charge on any atom is 0.127 e. The zero-order chi connectivity index (χ0) is 10.5. The Hall–Kier alpha value is -1.10. The first-order valence-corrected chi connectivity index (χ1v) is 5.08. The van der Waals surface area contributed by atoms with Crippen LogP contribution in [-0.2, 0) is 14.8 Å². The molecule has 1 aliphatic rings. The third-order valence-electron chi connectivity index (χ3n) is 2.23. The zero-order valence-electron chi connectivity index (χ0n) is 8.64. The van der Waals surface area contributed by atoms with Crippen LogP contribution in [0.2, 0.25) is 0 Å². The van der Waals surface area contributed by atoms with Crippen molar-refractivity contribution < 1.29 is 19.6 Å². The van der Waals surface area contributed by atoms with Crippen molar-refractivity contribution in [1.82, 2.24) is 0 Å². The summed E-state index contributed by atoms with van der Waals surface area (Å²) in [6.45, 7) is 3.13. The summed E-state index contributed by atoms with van der Waals surface area (Å²) in [5, 5.41) is 4.51. The summed E-state index contributed by atoms with van der Waals surface area (Å²) >= 11 is 0. The van der Waals surface area contributed by atoms with Crippen LogP contribution in [0, 0.1) is 0 Å². The van der Waals surface area contributed by atoms with Gasteiger partial charge in [0.15, 0.2) is 0 Å². The van der Waals surface area contributed by atoms with Gasteiger partial charge in [-0.3, -0.25) is 0 Å². The third-order valence-corrected chi connectivity index (χ3v) is 2.23. The second-order valence-electron chi connectivity index (χ2n) is 3.23. The van der Waals surface area contributed by atoms with E-state index >= 15 is 0 Å². The van der Waals surface area contributed by atoms with E-state index in [2.05, 4.69) is 9.93 Å². The Balaban J connectivity index is 2.17. The van der Waals surface area contributed by atoms with Crippen molar-refractivity contribution in [3.05, 3.63) is 29.8 Å². The first kappa shape index (κ1) is 10.4. The smallest absolute Gasteiger partial charge is 0.127 e. The Bertz CT molecular complexity index is 307. The average Bonchev–Trinajstić information content (AvgIpc) is 2.31. The number of benzene rings is 1. The van der Waals surface area contributed by atoms with Crippen molar-refractivity contribution in [2.75, 3.05) is 13.2 Å². The Morgan fingerprint density at radius 1 is 1.40 bits per heavy atom. The molecular weight excluding hydrogens is 196 g/mol. The summed E-state index contributed by atoms with van der Waals surface area (Å²) in [5.74, 6) is 0.843. The van der Waals surface area contributed by atoms with Crippen molar-refractivity contribution in [3.8, 4) is 5.75 Å². The van der Waals surface area contributed by atoms with Gasteiger partial charge in [0, 0.05) is 12.0 Å². The Morgan fingerprint density at radius 2 is 2.27 bits per heavy atom. The summed E-state index contributed by atoms with van der Waals surface area (Å²) in [6, 6.07) is 7.80. The average molecular weight is 210 g/mol. The van der Waals surface area contributed by atoms with E-state index in [0.717, 1.165) is 17.7 Å². The predicted molar refractivity (Wildman–Crippen MR) is 53.1 cm³/mol. The lowest BCUT2D eigenvalue weighted by molar-refractivity contribution is -0.551. The molecule has 1 atom stereocenters. The molecule has 82 valence electrons. The monoisotopic (exact) mass is 210 g/mol. The molecule has 0 bridgehead atoms. The highest BCUT2D eigenvalue weighted by atomic mass is 17.5. The van der Waals surface area contributed by atoms with Crippen molar-refractivity contribution in [1.29, 1.82) is 0 Å². The van der Waals surface area contributed by atoms with Crippen LogP contribution in [0.25, 0.3) is 0 Å². The molecule has 1 aromatic carbocycles. The van der Waals surface area contributed by atoms with Crippen LogP contribution in [0.4, 0.5) is 0 Å². The predicted octanol–water partition coefficient (Wildman–Crippen LogP) is 2.41. The van der Waals surface area contributed by atoms with Gasteiger partial charge in [-0.25, -0.2) is 4.89 Å².